The smallest absolute Gasteiger partial charge is 0.307 e. The minimum atomic E-state index is -0.946. The number of hydrogen-bond donors (Lipinski definition) is 2. The summed E-state index contributed by atoms with van der Waals surface area (Å²) in [6, 6.07) is 4.99. The molecule has 1 amide bonds. The molecule has 1 aliphatic carbocycles. The molecule has 0 saturated heterocycles. The Morgan fingerprint density at radius 2 is 2.14 bits per heavy atom. The normalized spacial score (nSPS) is 19.9. The predicted molar refractivity (Wildman–Crippen MR) is 76.7 cm³/mol. The fraction of sp³-hybridized carbons (Fsp3) is 0.429. The number of amides is 1. The number of halogens is 1. The van der Waals surface area contributed by atoms with E-state index < -0.39 is 17.8 Å². The summed E-state index contributed by atoms with van der Waals surface area (Å²) in [5.74, 6) is -2.01. The van der Waals surface area contributed by atoms with Crippen LogP contribution in [0.3, 0.4) is 0 Å². The van der Waals surface area contributed by atoms with Crippen molar-refractivity contribution in [3.63, 3.8) is 0 Å². The Balaban J connectivity index is 2.04. The van der Waals surface area contributed by atoms with Crippen LogP contribution in [0.25, 0.3) is 0 Å². The van der Waals surface area contributed by atoms with Crippen LogP contribution in [0.5, 0.6) is 5.75 Å². The Kier molecular flexibility index (Phi) is 5.03. The van der Waals surface area contributed by atoms with Crippen LogP contribution in [0.15, 0.2) is 18.2 Å². The average molecular weight is 314 g/mol. The van der Waals surface area contributed by atoms with Crippen molar-refractivity contribution in [1.82, 2.24) is 0 Å². The van der Waals surface area contributed by atoms with Gasteiger partial charge in [-0.15, -0.1) is 0 Å². The largest absolute Gasteiger partial charge is 0.487 e. The zero-order valence-electron chi connectivity index (χ0n) is 11.5. The first-order valence-corrected chi connectivity index (χ1v) is 6.86. The number of carboxylic acids is 1. The van der Waals surface area contributed by atoms with Gasteiger partial charge in [-0.05, 0) is 18.6 Å². The zero-order chi connectivity index (χ0) is 15.4. The molecule has 0 aliphatic heterocycles. The molecule has 7 heteroatoms. The zero-order valence-corrected chi connectivity index (χ0v) is 12.2. The molecule has 2 rings (SSSR count). The highest BCUT2D eigenvalue weighted by atomic mass is 35.5. The Bertz CT molecular complexity index is 548. The van der Waals surface area contributed by atoms with Crippen molar-refractivity contribution in [3.05, 3.63) is 23.2 Å². The third-order valence-electron chi connectivity index (χ3n) is 3.20. The number of carboxylic acid groups (broad SMARTS) is 1. The lowest BCUT2D eigenvalue weighted by molar-refractivity contribution is -0.139. The van der Waals surface area contributed by atoms with E-state index in [1.54, 1.807) is 25.3 Å². The minimum absolute atomic E-state index is 0.296. The molecule has 114 valence electrons. The minimum Gasteiger partial charge on any atom is -0.487 e. The summed E-state index contributed by atoms with van der Waals surface area (Å²) in [6.45, 7) is 0.687. The molecule has 0 bridgehead atoms. The number of aliphatic carboxylic acids is 1. The van der Waals surface area contributed by atoms with E-state index in [0.717, 1.165) is 0 Å². The molecular formula is C14H16ClNO5. The van der Waals surface area contributed by atoms with E-state index in [9.17, 15) is 9.59 Å². The molecule has 0 heterocycles. The molecule has 2 atom stereocenters. The second-order valence-corrected chi connectivity index (χ2v) is 5.14. The standard InChI is InChI=1S/C14H16ClNO5/c1-20-5-6-21-12-10(15)3-2-4-11(12)16-13(17)8-7-9(8)14(18)19/h2-4,8-9H,5-7H2,1H3,(H,16,17)(H,18,19). The molecule has 2 unspecified atom stereocenters. The summed E-state index contributed by atoms with van der Waals surface area (Å²) in [7, 11) is 1.55. The molecular weight excluding hydrogens is 298 g/mol. The van der Waals surface area contributed by atoms with Gasteiger partial charge < -0.3 is 19.9 Å². The van der Waals surface area contributed by atoms with Gasteiger partial charge in [-0.2, -0.15) is 0 Å². The van der Waals surface area contributed by atoms with Gasteiger partial charge in [-0.25, -0.2) is 0 Å². The first kappa shape index (κ1) is 15.6. The van der Waals surface area contributed by atoms with Gasteiger partial charge in [0.25, 0.3) is 0 Å². The van der Waals surface area contributed by atoms with Crippen LogP contribution >= 0.6 is 11.6 Å². The average Bonchev–Trinajstić information content (AvgIpc) is 3.22. The van der Waals surface area contributed by atoms with Gasteiger partial charge in [0, 0.05) is 7.11 Å². The monoisotopic (exact) mass is 313 g/mol. The number of methoxy groups -OCH3 is 1. The topological polar surface area (TPSA) is 84.9 Å². The summed E-state index contributed by atoms with van der Waals surface area (Å²) in [6.07, 6.45) is 0.363. The highest BCUT2D eigenvalue weighted by Gasteiger charge is 2.48. The first-order valence-electron chi connectivity index (χ1n) is 6.48. The number of hydrogen-bond acceptors (Lipinski definition) is 4. The maximum atomic E-state index is 12.0. The van der Waals surface area contributed by atoms with Gasteiger partial charge in [0.1, 0.15) is 6.61 Å². The maximum absolute atomic E-state index is 12.0. The van der Waals surface area contributed by atoms with E-state index in [0.29, 0.717) is 36.1 Å². The van der Waals surface area contributed by atoms with Gasteiger partial charge in [-0.1, -0.05) is 17.7 Å². The molecule has 1 saturated carbocycles. The summed E-state index contributed by atoms with van der Waals surface area (Å²) < 4.78 is 10.4. The van der Waals surface area contributed by atoms with Gasteiger partial charge in [0.15, 0.2) is 5.75 Å². The summed E-state index contributed by atoms with van der Waals surface area (Å²) in [5, 5.41) is 11.9. The van der Waals surface area contributed by atoms with E-state index in [4.69, 9.17) is 26.2 Å². The molecule has 0 radical (unpaired) electrons. The Hall–Kier alpha value is -1.79. The second kappa shape index (κ2) is 6.78. The molecule has 2 N–H and O–H groups in total. The number of carbonyl (C=O) groups excluding carboxylic acids is 1. The maximum Gasteiger partial charge on any atom is 0.307 e. The molecule has 21 heavy (non-hydrogen) atoms. The number of rotatable bonds is 7. The Labute approximate surface area is 127 Å². The molecule has 1 fully saturated rings. The number of para-hydroxylation sites is 1. The lowest BCUT2D eigenvalue weighted by atomic mass is 10.2. The van der Waals surface area contributed by atoms with Crippen LogP contribution in [-0.4, -0.2) is 37.3 Å². The van der Waals surface area contributed by atoms with Crippen LogP contribution in [0.1, 0.15) is 6.42 Å². The van der Waals surface area contributed by atoms with Crippen LogP contribution in [0.4, 0.5) is 5.69 Å². The predicted octanol–water partition coefficient (Wildman–Crippen LogP) is 2.02. The highest BCUT2D eigenvalue weighted by molar-refractivity contribution is 6.32. The number of ether oxygens (including phenoxy) is 2. The summed E-state index contributed by atoms with van der Waals surface area (Å²) in [5.41, 5.74) is 0.430. The Morgan fingerprint density at radius 1 is 1.38 bits per heavy atom. The highest BCUT2D eigenvalue weighted by Crippen LogP contribution is 2.41. The van der Waals surface area contributed by atoms with Gasteiger partial charge in [0.05, 0.1) is 29.2 Å². The molecule has 1 aromatic carbocycles. The number of nitrogens with one attached hydrogen (secondary N) is 1. The lowest BCUT2D eigenvalue weighted by Crippen LogP contribution is -2.18. The molecule has 0 aromatic heterocycles. The van der Waals surface area contributed by atoms with Crippen molar-refractivity contribution in [2.24, 2.45) is 11.8 Å². The molecule has 0 spiro atoms. The molecule has 6 nitrogen and oxygen atoms in total. The lowest BCUT2D eigenvalue weighted by Gasteiger charge is -2.13. The van der Waals surface area contributed by atoms with Crippen molar-refractivity contribution in [3.8, 4) is 5.75 Å². The van der Waals surface area contributed by atoms with E-state index >= 15 is 0 Å². The van der Waals surface area contributed by atoms with Gasteiger partial charge >= 0.3 is 5.97 Å². The SMILES string of the molecule is COCCOc1c(Cl)cccc1NC(=O)C1CC1C(=O)O. The summed E-state index contributed by atoms with van der Waals surface area (Å²) in [4.78, 5) is 22.8. The van der Waals surface area contributed by atoms with Crippen LogP contribution in [0.2, 0.25) is 5.02 Å². The second-order valence-electron chi connectivity index (χ2n) is 4.73. The van der Waals surface area contributed by atoms with E-state index in [1.807, 2.05) is 0 Å². The Morgan fingerprint density at radius 3 is 2.76 bits per heavy atom. The molecule has 1 aromatic rings. The van der Waals surface area contributed by atoms with Crippen molar-refractivity contribution >= 4 is 29.2 Å². The van der Waals surface area contributed by atoms with E-state index in [-0.39, 0.29) is 5.91 Å². The van der Waals surface area contributed by atoms with Crippen molar-refractivity contribution in [2.75, 3.05) is 25.6 Å². The number of benzene rings is 1. The third kappa shape index (κ3) is 3.86. The van der Waals surface area contributed by atoms with Crippen molar-refractivity contribution in [1.29, 1.82) is 0 Å². The van der Waals surface area contributed by atoms with Gasteiger partial charge in [0.2, 0.25) is 5.91 Å². The van der Waals surface area contributed by atoms with Crippen LogP contribution in [0, 0.1) is 11.8 Å². The first-order chi connectivity index (χ1) is 10.0. The van der Waals surface area contributed by atoms with Crippen LogP contribution < -0.4 is 10.1 Å². The third-order valence-corrected chi connectivity index (χ3v) is 3.50. The fourth-order valence-corrected chi connectivity index (χ4v) is 2.19. The summed E-state index contributed by atoms with van der Waals surface area (Å²) >= 11 is 6.05. The van der Waals surface area contributed by atoms with Crippen LogP contribution in [-0.2, 0) is 14.3 Å². The van der Waals surface area contributed by atoms with E-state index in [2.05, 4.69) is 5.32 Å². The van der Waals surface area contributed by atoms with Crippen molar-refractivity contribution in [2.45, 2.75) is 6.42 Å². The fourth-order valence-electron chi connectivity index (χ4n) is 1.96. The van der Waals surface area contributed by atoms with Crippen molar-refractivity contribution < 1.29 is 24.2 Å². The number of anilines is 1. The number of carbonyl (C=O) groups is 2. The van der Waals surface area contributed by atoms with E-state index in [1.165, 1.54) is 0 Å². The van der Waals surface area contributed by atoms with Gasteiger partial charge in [-0.3, -0.25) is 9.59 Å². The quantitative estimate of drug-likeness (QED) is 0.752. The molecule has 1 aliphatic rings.